The van der Waals surface area contributed by atoms with Crippen molar-refractivity contribution < 1.29 is 22.7 Å². The Morgan fingerprint density at radius 2 is 2.04 bits per heavy atom. The molecule has 0 bridgehead atoms. The van der Waals surface area contributed by atoms with E-state index in [1.165, 1.54) is 29.5 Å². The minimum Gasteiger partial charge on any atom is -0.406 e. The summed E-state index contributed by atoms with van der Waals surface area (Å²) in [7, 11) is 0. The summed E-state index contributed by atoms with van der Waals surface area (Å²) < 4.78 is 41.7. The molecular formula is C17H13F3N2O2S. The van der Waals surface area contributed by atoms with Gasteiger partial charge >= 0.3 is 6.36 Å². The molecule has 1 amide bonds. The first-order chi connectivity index (χ1) is 11.8. The molecule has 4 nitrogen and oxygen atoms in total. The van der Waals surface area contributed by atoms with Crippen LogP contribution in [0, 0.1) is 0 Å². The number of ether oxygens (including phenoxy) is 1. The summed E-state index contributed by atoms with van der Waals surface area (Å²) in [6.07, 6.45) is -4.75. The molecule has 1 heterocycles. The fourth-order valence-corrected chi connectivity index (χ4v) is 3.06. The van der Waals surface area contributed by atoms with Gasteiger partial charge in [0.15, 0.2) is 0 Å². The zero-order valence-corrected chi connectivity index (χ0v) is 13.8. The van der Waals surface area contributed by atoms with Crippen LogP contribution in [-0.2, 0) is 0 Å². The first-order valence-electron chi connectivity index (χ1n) is 7.32. The monoisotopic (exact) mass is 366 g/mol. The largest absolute Gasteiger partial charge is 0.573 e. The average molecular weight is 366 g/mol. The number of carbonyl (C=O) groups is 1. The van der Waals surface area contributed by atoms with E-state index in [1.807, 2.05) is 0 Å². The maximum absolute atomic E-state index is 12.4. The molecule has 0 spiro atoms. The number of nitrogens with zero attached hydrogens (tertiary/aromatic N) is 1. The third kappa shape index (κ3) is 4.27. The van der Waals surface area contributed by atoms with Crippen LogP contribution in [0.25, 0.3) is 10.2 Å². The van der Waals surface area contributed by atoms with Crippen LogP contribution in [0.15, 0.2) is 48.0 Å². The number of alkyl halides is 3. The van der Waals surface area contributed by atoms with Crippen LogP contribution in [0.4, 0.5) is 13.2 Å². The SMILES string of the molecule is CC(NC(=O)c1ccc2ncsc2c1)c1cccc(OC(F)(F)F)c1. The first kappa shape index (κ1) is 17.2. The Morgan fingerprint density at radius 3 is 2.80 bits per heavy atom. The Kier molecular flexibility index (Phi) is 4.63. The second-order valence-electron chi connectivity index (χ2n) is 5.35. The number of amides is 1. The van der Waals surface area contributed by atoms with Crippen molar-refractivity contribution in [2.75, 3.05) is 0 Å². The van der Waals surface area contributed by atoms with Gasteiger partial charge in [0, 0.05) is 5.56 Å². The third-order valence-corrected chi connectivity index (χ3v) is 4.32. The number of fused-ring (bicyclic) bond motifs is 1. The lowest BCUT2D eigenvalue weighted by Crippen LogP contribution is -2.26. The van der Waals surface area contributed by atoms with Gasteiger partial charge in [0.1, 0.15) is 5.75 Å². The molecule has 130 valence electrons. The molecule has 0 radical (unpaired) electrons. The first-order valence-corrected chi connectivity index (χ1v) is 8.19. The second-order valence-corrected chi connectivity index (χ2v) is 6.24. The van der Waals surface area contributed by atoms with E-state index in [-0.39, 0.29) is 11.7 Å². The van der Waals surface area contributed by atoms with Gasteiger partial charge in [-0.15, -0.1) is 24.5 Å². The smallest absolute Gasteiger partial charge is 0.406 e. The molecule has 25 heavy (non-hydrogen) atoms. The zero-order valence-electron chi connectivity index (χ0n) is 13.0. The predicted octanol–water partition coefficient (Wildman–Crippen LogP) is 4.69. The van der Waals surface area contributed by atoms with Crippen molar-refractivity contribution in [1.29, 1.82) is 0 Å². The van der Waals surface area contributed by atoms with Gasteiger partial charge in [-0.1, -0.05) is 12.1 Å². The molecule has 2 aromatic carbocycles. The van der Waals surface area contributed by atoms with Crippen LogP contribution in [0.3, 0.4) is 0 Å². The lowest BCUT2D eigenvalue weighted by atomic mass is 10.1. The van der Waals surface area contributed by atoms with E-state index in [2.05, 4.69) is 15.0 Å². The van der Waals surface area contributed by atoms with Crippen LogP contribution in [0.2, 0.25) is 0 Å². The highest BCUT2D eigenvalue weighted by molar-refractivity contribution is 7.16. The van der Waals surface area contributed by atoms with Gasteiger partial charge in [-0.3, -0.25) is 4.79 Å². The Morgan fingerprint density at radius 1 is 1.24 bits per heavy atom. The van der Waals surface area contributed by atoms with Gasteiger partial charge in [0.2, 0.25) is 0 Å². The van der Waals surface area contributed by atoms with Crippen LogP contribution in [0.5, 0.6) is 5.75 Å². The number of rotatable bonds is 4. The minimum atomic E-state index is -4.75. The highest BCUT2D eigenvalue weighted by Crippen LogP contribution is 2.26. The summed E-state index contributed by atoms with van der Waals surface area (Å²) in [5, 5.41) is 2.77. The van der Waals surface area contributed by atoms with E-state index in [9.17, 15) is 18.0 Å². The molecule has 1 atom stereocenters. The Hall–Kier alpha value is -2.61. The van der Waals surface area contributed by atoms with E-state index in [0.717, 1.165) is 10.2 Å². The normalized spacial score (nSPS) is 12.8. The van der Waals surface area contributed by atoms with Gasteiger partial charge in [-0.2, -0.15) is 0 Å². The lowest BCUT2D eigenvalue weighted by Gasteiger charge is -2.16. The molecule has 0 aliphatic heterocycles. The highest BCUT2D eigenvalue weighted by Gasteiger charge is 2.31. The summed E-state index contributed by atoms with van der Waals surface area (Å²) in [4.78, 5) is 16.5. The minimum absolute atomic E-state index is 0.315. The Balaban J connectivity index is 1.73. The fraction of sp³-hybridized carbons (Fsp3) is 0.176. The molecule has 0 aliphatic carbocycles. The molecule has 8 heteroatoms. The van der Waals surface area contributed by atoms with Crippen LogP contribution >= 0.6 is 11.3 Å². The van der Waals surface area contributed by atoms with Crippen molar-refractivity contribution in [3.8, 4) is 5.75 Å². The molecule has 0 saturated heterocycles. The number of nitrogens with one attached hydrogen (secondary N) is 1. The highest BCUT2D eigenvalue weighted by atomic mass is 32.1. The quantitative estimate of drug-likeness (QED) is 0.729. The van der Waals surface area contributed by atoms with E-state index in [0.29, 0.717) is 11.1 Å². The van der Waals surface area contributed by atoms with Crippen molar-refractivity contribution >= 4 is 27.5 Å². The predicted molar refractivity (Wildman–Crippen MR) is 88.6 cm³/mol. The standard InChI is InChI=1S/C17H13F3N2O2S/c1-10(11-3-2-4-13(7-11)24-17(18,19)20)22-16(23)12-5-6-14-15(8-12)25-9-21-14/h2-10H,1H3,(H,22,23). The van der Waals surface area contributed by atoms with Gasteiger partial charge in [-0.05, 0) is 42.8 Å². The number of benzene rings is 2. The van der Waals surface area contributed by atoms with Crippen LogP contribution in [0.1, 0.15) is 28.9 Å². The van der Waals surface area contributed by atoms with Gasteiger partial charge in [0.05, 0.1) is 21.8 Å². The zero-order chi connectivity index (χ0) is 18.0. The summed E-state index contributed by atoms with van der Waals surface area (Å²) in [5.41, 5.74) is 3.48. The Bertz CT molecular complexity index is 908. The molecule has 1 unspecified atom stereocenters. The number of carbonyl (C=O) groups excluding carboxylic acids is 1. The molecule has 0 aliphatic rings. The molecule has 0 fully saturated rings. The van der Waals surface area contributed by atoms with Gasteiger partial charge < -0.3 is 10.1 Å². The number of aromatic nitrogens is 1. The average Bonchev–Trinajstić information content (AvgIpc) is 3.01. The molecule has 3 rings (SSSR count). The van der Waals surface area contributed by atoms with Crippen molar-refractivity contribution in [3.05, 3.63) is 59.1 Å². The maximum Gasteiger partial charge on any atom is 0.573 e. The number of halogens is 3. The summed E-state index contributed by atoms with van der Waals surface area (Å²) >= 11 is 1.43. The second kappa shape index (κ2) is 6.72. The molecule has 3 aromatic rings. The molecule has 0 saturated carbocycles. The molecule has 1 N–H and O–H groups in total. The number of thiazole rings is 1. The third-order valence-electron chi connectivity index (χ3n) is 3.53. The van der Waals surface area contributed by atoms with Crippen molar-refractivity contribution in [3.63, 3.8) is 0 Å². The summed E-state index contributed by atoms with van der Waals surface area (Å²) in [6, 6.07) is 10.2. The van der Waals surface area contributed by atoms with E-state index in [1.54, 1.807) is 36.7 Å². The van der Waals surface area contributed by atoms with Crippen molar-refractivity contribution in [2.45, 2.75) is 19.3 Å². The van der Waals surface area contributed by atoms with Gasteiger partial charge in [-0.25, -0.2) is 4.98 Å². The summed E-state index contributed by atoms with van der Waals surface area (Å²) in [6.45, 7) is 1.69. The fourth-order valence-electron chi connectivity index (χ4n) is 2.34. The van der Waals surface area contributed by atoms with E-state index >= 15 is 0 Å². The number of hydrogen-bond donors (Lipinski definition) is 1. The van der Waals surface area contributed by atoms with Crippen molar-refractivity contribution in [2.24, 2.45) is 0 Å². The molecular weight excluding hydrogens is 353 g/mol. The Labute approximate surface area is 145 Å². The van der Waals surface area contributed by atoms with Crippen LogP contribution < -0.4 is 10.1 Å². The summed E-state index contributed by atoms with van der Waals surface area (Å²) in [5.74, 6) is -0.637. The maximum atomic E-state index is 12.4. The van der Waals surface area contributed by atoms with Gasteiger partial charge in [0.25, 0.3) is 5.91 Å². The molecule has 1 aromatic heterocycles. The van der Waals surface area contributed by atoms with Crippen LogP contribution in [-0.4, -0.2) is 17.3 Å². The van der Waals surface area contributed by atoms with E-state index in [4.69, 9.17) is 0 Å². The number of hydrogen-bond acceptors (Lipinski definition) is 4. The topological polar surface area (TPSA) is 51.2 Å². The van der Waals surface area contributed by atoms with E-state index < -0.39 is 12.4 Å². The van der Waals surface area contributed by atoms with Crippen molar-refractivity contribution in [1.82, 2.24) is 10.3 Å². The lowest BCUT2D eigenvalue weighted by molar-refractivity contribution is -0.274.